The first kappa shape index (κ1) is 15.3. The van der Waals surface area contributed by atoms with Crippen molar-refractivity contribution in [2.75, 3.05) is 46.5 Å². The Balaban J connectivity index is 1.68. The van der Waals surface area contributed by atoms with E-state index >= 15 is 0 Å². The van der Waals surface area contributed by atoms with Crippen molar-refractivity contribution in [3.05, 3.63) is 11.3 Å². The van der Waals surface area contributed by atoms with Crippen molar-refractivity contribution in [2.24, 2.45) is 7.05 Å². The number of aryl methyl sites for hydroxylation is 2. The summed E-state index contributed by atoms with van der Waals surface area (Å²) >= 11 is 0. The molecule has 0 amide bonds. The van der Waals surface area contributed by atoms with E-state index in [1.165, 1.54) is 0 Å². The lowest BCUT2D eigenvalue weighted by molar-refractivity contribution is 0.0374. The summed E-state index contributed by atoms with van der Waals surface area (Å²) in [5, 5.41) is 7.86. The molecule has 0 atom stereocenters. The lowest BCUT2D eigenvalue weighted by atomic mass is 10.2. The highest BCUT2D eigenvalue weighted by atomic mass is 16.5. The number of nitrogens with zero attached hydrogens (tertiary/aromatic N) is 3. The van der Waals surface area contributed by atoms with Crippen LogP contribution < -0.4 is 10.1 Å². The summed E-state index contributed by atoms with van der Waals surface area (Å²) in [5.74, 6) is 0.850. The summed E-state index contributed by atoms with van der Waals surface area (Å²) in [6, 6.07) is 0. The van der Waals surface area contributed by atoms with Gasteiger partial charge in [0, 0.05) is 26.7 Å². The van der Waals surface area contributed by atoms with Crippen LogP contribution in [0.2, 0.25) is 0 Å². The molecular formula is C14H26N4O2. The minimum atomic E-state index is 0.811. The Kier molecular flexibility index (Phi) is 5.82. The molecule has 0 radical (unpaired) electrons. The molecule has 0 aliphatic carbocycles. The highest BCUT2D eigenvalue weighted by Crippen LogP contribution is 2.20. The van der Waals surface area contributed by atoms with Crippen LogP contribution in [0.4, 0.5) is 0 Å². The predicted molar refractivity (Wildman–Crippen MR) is 78.1 cm³/mol. The molecule has 0 bridgehead atoms. The summed E-state index contributed by atoms with van der Waals surface area (Å²) in [4.78, 5) is 2.46. The Bertz CT molecular complexity index is 414. The molecule has 0 unspecified atom stereocenters. The van der Waals surface area contributed by atoms with Crippen LogP contribution >= 0.6 is 0 Å². The number of rotatable bonds is 7. The predicted octanol–water partition coefficient (Wildman–Crippen LogP) is 0.549. The van der Waals surface area contributed by atoms with E-state index in [1.807, 2.05) is 14.0 Å². The van der Waals surface area contributed by atoms with Crippen molar-refractivity contribution in [2.45, 2.75) is 19.9 Å². The van der Waals surface area contributed by atoms with E-state index in [9.17, 15) is 0 Å². The van der Waals surface area contributed by atoms with Crippen molar-refractivity contribution in [1.29, 1.82) is 0 Å². The average molecular weight is 282 g/mol. The van der Waals surface area contributed by atoms with E-state index in [2.05, 4.69) is 15.3 Å². The SMILES string of the molecule is COc1c(CNCCCN2CCOCC2)c(C)nn1C. The quantitative estimate of drug-likeness (QED) is 0.740. The van der Waals surface area contributed by atoms with E-state index in [0.717, 1.165) is 69.5 Å². The molecule has 2 heterocycles. The maximum Gasteiger partial charge on any atom is 0.216 e. The number of methoxy groups -OCH3 is 1. The van der Waals surface area contributed by atoms with E-state index in [-0.39, 0.29) is 0 Å². The van der Waals surface area contributed by atoms with Crippen LogP contribution in [-0.4, -0.2) is 61.2 Å². The van der Waals surface area contributed by atoms with E-state index in [0.29, 0.717) is 0 Å². The summed E-state index contributed by atoms with van der Waals surface area (Å²) in [6.07, 6.45) is 1.15. The van der Waals surface area contributed by atoms with Gasteiger partial charge >= 0.3 is 0 Å². The third kappa shape index (κ3) is 3.94. The van der Waals surface area contributed by atoms with Gasteiger partial charge < -0.3 is 14.8 Å². The van der Waals surface area contributed by atoms with Crippen LogP contribution in [0.3, 0.4) is 0 Å². The minimum Gasteiger partial charge on any atom is -0.481 e. The van der Waals surface area contributed by atoms with Gasteiger partial charge in [0.05, 0.1) is 31.6 Å². The molecule has 6 heteroatoms. The standard InChI is InChI=1S/C14H26N4O2/c1-12-13(14(19-3)17(2)16-12)11-15-5-4-6-18-7-9-20-10-8-18/h15H,4-11H2,1-3H3. The number of aromatic nitrogens is 2. The van der Waals surface area contributed by atoms with Gasteiger partial charge in [0.25, 0.3) is 0 Å². The van der Waals surface area contributed by atoms with Gasteiger partial charge in [-0.3, -0.25) is 4.90 Å². The van der Waals surface area contributed by atoms with Crippen molar-refractivity contribution in [1.82, 2.24) is 20.0 Å². The van der Waals surface area contributed by atoms with Crippen LogP contribution in [0.1, 0.15) is 17.7 Å². The molecule has 1 aliphatic rings. The van der Waals surface area contributed by atoms with Gasteiger partial charge in [0.15, 0.2) is 0 Å². The zero-order valence-corrected chi connectivity index (χ0v) is 12.8. The van der Waals surface area contributed by atoms with Gasteiger partial charge in [-0.05, 0) is 26.4 Å². The van der Waals surface area contributed by atoms with Gasteiger partial charge in [0.2, 0.25) is 5.88 Å². The van der Waals surface area contributed by atoms with Gasteiger partial charge in [-0.25, -0.2) is 4.68 Å². The van der Waals surface area contributed by atoms with Crippen molar-refractivity contribution < 1.29 is 9.47 Å². The molecule has 1 aromatic rings. The fraction of sp³-hybridized carbons (Fsp3) is 0.786. The van der Waals surface area contributed by atoms with Gasteiger partial charge in [-0.15, -0.1) is 0 Å². The van der Waals surface area contributed by atoms with Crippen LogP contribution in [0, 0.1) is 6.92 Å². The minimum absolute atomic E-state index is 0.811. The number of hydrogen-bond acceptors (Lipinski definition) is 5. The average Bonchev–Trinajstić information content (AvgIpc) is 2.73. The monoisotopic (exact) mass is 282 g/mol. The molecule has 1 aromatic heterocycles. The summed E-state index contributed by atoms with van der Waals surface area (Å²) in [7, 11) is 3.60. The first-order chi connectivity index (χ1) is 9.72. The highest BCUT2D eigenvalue weighted by molar-refractivity contribution is 5.30. The van der Waals surface area contributed by atoms with Crippen LogP contribution in [-0.2, 0) is 18.3 Å². The molecule has 1 aliphatic heterocycles. The zero-order chi connectivity index (χ0) is 14.4. The van der Waals surface area contributed by atoms with Crippen molar-refractivity contribution in [3.63, 3.8) is 0 Å². The molecule has 1 fully saturated rings. The Hall–Kier alpha value is -1.11. The fourth-order valence-corrected chi connectivity index (χ4v) is 2.61. The molecule has 0 saturated carbocycles. The van der Waals surface area contributed by atoms with Crippen LogP contribution in [0.5, 0.6) is 5.88 Å². The van der Waals surface area contributed by atoms with Crippen molar-refractivity contribution in [3.8, 4) is 5.88 Å². The molecular weight excluding hydrogens is 256 g/mol. The highest BCUT2D eigenvalue weighted by Gasteiger charge is 2.13. The third-order valence-corrected chi connectivity index (χ3v) is 3.72. The normalized spacial score (nSPS) is 16.6. The van der Waals surface area contributed by atoms with E-state index in [4.69, 9.17) is 9.47 Å². The first-order valence-electron chi connectivity index (χ1n) is 7.29. The summed E-state index contributed by atoms with van der Waals surface area (Å²) in [5.41, 5.74) is 2.19. The molecule has 6 nitrogen and oxygen atoms in total. The Morgan fingerprint density at radius 1 is 1.35 bits per heavy atom. The van der Waals surface area contributed by atoms with Gasteiger partial charge in [-0.1, -0.05) is 0 Å². The molecule has 1 N–H and O–H groups in total. The molecule has 0 spiro atoms. The fourth-order valence-electron chi connectivity index (χ4n) is 2.61. The molecule has 20 heavy (non-hydrogen) atoms. The Labute approximate surface area is 121 Å². The maximum atomic E-state index is 5.39. The zero-order valence-electron chi connectivity index (χ0n) is 12.8. The lowest BCUT2D eigenvalue weighted by Gasteiger charge is -2.26. The number of ether oxygens (including phenoxy) is 2. The second-order valence-corrected chi connectivity index (χ2v) is 5.18. The van der Waals surface area contributed by atoms with Gasteiger partial charge in [-0.2, -0.15) is 5.10 Å². The molecule has 0 aromatic carbocycles. The van der Waals surface area contributed by atoms with Crippen LogP contribution in [0.15, 0.2) is 0 Å². The van der Waals surface area contributed by atoms with Gasteiger partial charge in [0.1, 0.15) is 0 Å². The summed E-state index contributed by atoms with van der Waals surface area (Å²) in [6.45, 7) is 8.86. The molecule has 1 saturated heterocycles. The van der Waals surface area contributed by atoms with E-state index in [1.54, 1.807) is 11.8 Å². The maximum absolute atomic E-state index is 5.39. The van der Waals surface area contributed by atoms with Crippen LogP contribution in [0.25, 0.3) is 0 Å². The largest absolute Gasteiger partial charge is 0.481 e. The first-order valence-corrected chi connectivity index (χ1v) is 7.29. The Morgan fingerprint density at radius 2 is 2.10 bits per heavy atom. The number of nitrogens with one attached hydrogen (secondary N) is 1. The number of hydrogen-bond donors (Lipinski definition) is 1. The lowest BCUT2D eigenvalue weighted by Crippen LogP contribution is -2.37. The second kappa shape index (κ2) is 7.61. The summed E-state index contributed by atoms with van der Waals surface area (Å²) < 4.78 is 12.5. The molecule has 2 rings (SSSR count). The second-order valence-electron chi connectivity index (χ2n) is 5.18. The molecule has 114 valence electrons. The van der Waals surface area contributed by atoms with Crippen molar-refractivity contribution >= 4 is 0 Å². The topological polar surface area (TPSA) is 51.6 Å². The smallest absolute Gasteiger partial charge is 0.216 e. The number of morpholine rings is 1. The van der Waals surface area contributed by atoms with E-state index < -0.39 is 0 Å². The Morgan fingerprint density at radius 3 is 2.80 bits per heavy atom. The third-order valence-electron chi connectivity index (χ3n) is 3.72.